The van der Waals surface area contributed by atoms with Gasteiger partial charge in [0.15, 0.2) is 11.6 Å². The Morgan fingerprint density at radius 2 is 1.12 bits per heavy atom. The largest absolute Gasteiger partial charge is 0.289 e. The minimum Gasteiger partial charge on any atom is -0.289 e. The van der Waals surface area contributed by atoms with Crippen LogP contribution in [0.4, 0.5) is 0 Å². The molecular formula is C22H16O2. The summed E-state index contributed by atoms with van der Waals surface area (Å²) >= 11 is 0. The summed E-state index contributed by atoms with van der Waals surface area (Å²) in [5, 5.41) is 0. The summed E-state index contributed by atoms with van der Waals surface area (Å²) in [7, 11) is 0. The zero-order valence-corrected chi connectivity index (χ0v) is 13.4. The van der Waals surface area contributed by atoms with Gasteiger partial charge in [-0.1, -0.05) is 73.7 Å². The van der Waals surface area contributed by atoms with Crippen LogP contribution in [0.3, 0.4) is 0 Å². The zero-order valence-electron chi connectivity index (χ0n) is 13.4. The predicted octanol–water partition coefficient (Wildman–Crippen LogP) is 4.69. The number of carbonyl (C=O) groups is 2. The molecular weight excluding hydrogens is 296 g/mol. The van der Waals surface area contributed by atoms with Gasteiger partial charge in [-0.3, -0.25) is 9.59 Å². The fourth-order valence-electron chi connectivity index (χ4n) is 3.46. The Labute approximate surface area is 140 Å². The predicted molar refractivity (Wildman–Crippen MR) is 94.6 cm³/mol. The quantitative estimate of drug-likeness (QED) is 0.538. The van der Waals surface area contributed by atoms with Crippen LogP contribution < -0.4 is 0 Å². The highest BCUT2D eigenvalue weighted by Crippen LogP contribution is 2.35. The van der Waals surface area contributed by atoms with Crippen LogP contribution in [0.2, 0.25) is 0 Å². The molecule has 0 amide bonds. The minimum absolute atomic E-state index is 0.0679. The third kappa shape index (κ3) is 2.04. The normalized spacial score (nSPS) is 12.7. The van der Waals surface area contributed by atoms with Crippen molar-refractivity contribution in [3.63, 3.8) is 0 Å². The molecule has 0 N–H and O–H groups in total. The lowest BCUT2D eigenvalue weighted by atomic mass is 9.80. The Balaban J connectivity index is 2.02. The van der Waals surface area contributed by atoms with Gasteiger partial charge in [-0.2, -0.15) is 0 Å². The number of hydrogen-bond acceptors (Lipinski definition) is 2. The van der Waals surface area contributed by atoms with E-state index < -0.39 is 0 Å². The van der Waals surface area contributed by atoms with E-state index in [9.17, 15) is 9.59 Å². The van der Waals surface area contributed by atoms with Gasteiger partial charge in [0, 0.05) is 22.3 Å². The van der Waals surface area contributed by atoms with Crippen LogP contribution in [0.1, 0.15) is 44.3 Å². The number of aryl methyl sites for hydroxylation is 1. The fraction of sp³-hybridized carbons (Fsp3) is 0.0909. The standard InChI is InChI=1S/C22H16O2/c1-2-14-8-3-4-9-15(14)16-12-7-13-19-20(16)22(24)18-11-6-5-10-17(18)21(19)23/h3-13H,2H2,1H3. The van der Waals surface area contributed by atoms with E-state index in [1.165, 1.54) is 5.56 Å². The van der Waals surface area contributed by atoms with E-state index >= 15 is 0 Å². The van der Waals surface area contributed by atoms with Crippen molar-refractivity contribution in [2.45, 2.75) is 13.3 Å². The number of hydrogen-bond donors (Lipinski definition) is 0. The van der Waals surface area contributed by atoms with E-state index in [0.717, 1.165) is 17.5 Å². The van der Waals surface area contributed by atoms with Crippen molar-refractivity contribution in [2.24, 2.45) is 0 Å². The average Bonchev–Trinajstić information content (AvgIpc) is 2.65. The topological polar surface area (TPSA) is 34.1 Å². The van der Waals surface area contributed by atoms with E-state index in [-0.39, 0.29) is 11.6 Å². The van der Waals surface area contributed by atoms with Gasteiger partial charge in [0.1, 0.15) is 0 Å². The molecule has 0 radical (unpaired) electrons. The maximum Gasteiger partial charge on any atom is 0.195 e. The van der Waals surface area contributed by atoms with Crippen molar-refractivity contribution < 1.29 is 9.59 Å². The summed E-state index contributed by atoms with van der Waals surface area (Å²) < 4.78 is 0. The van der Waals surface area contributed by atoms with E-state index in [4.69, 9.17) is 0 Å². The first-order valence-electron chi connectivity index (χ1n) is 8.12. The lowest BCUT2D eigenvalue weighted by Crippen LogP contribution is -2.21. The SMILES string of the molecule is CCc1ccccc1-c1cccc2c1C(=O)c1ccccc1C2=O. The van der Waals surface area contributed by atoms with Gasteiger partial charge in [0.25, 0.3) is 0 Å². The number of benzene rings is 3. The highest BCUT2D eigenvalue weighted by atomic mass is 16.1. The summed E-state index contributed by atoms with van der Waals surface area (Å²) in [5.74, 6) is -0.141. The Morgan fingerprint density at radius 3 is 1.83 bits per heavy atom. The molecule has 0 saturated heterocycles. The summed E-state index contributed by atoms with van der Waals surface area (Å²) in [6.45, 7) is 2.09. The van der Waals surface area contributed by atoms with Crippen LogP contribution in [-0.4, -0.2) is 11.6 Å². The van der Waals surface area contributed by atoms with Gasteiger partial charge >= 0.3 is 0 Å². The molecule has 1 aliphatic rings. The van der Waals surface area contributed by atoms with Gasteiger partial charge in [-0.25, -0.2) is 0 Å². The van der Waals surface area contributed by atoms with Crippen LogP contribution in [0, 0.1) is 0 Å². The third-order valence-corrected chi connectivity index (χ3v) is 4.64. The Morgan fingerprint density at radius 1 is 0.583 bits per heavy atom. The fourth-order valence-corrected chi connectivity index (χ4v) is 3.46. The molecule has 4 rings (SSSR count). The molecule has 2 heteroatoms. The maximum absolute atomic E-state index is 13.1. The molecule has 0 atom stereocenters. The molecule has 0 fully saturated rings. The summed E-state index contributed by atoms with van der Waals surface area (Å²) in [5.41, 5.74) is 5.07. The van der Waals surface area contributed by atoms with Crippen LogP contribution in [0.25, 0.3) is 11.1 Å². The summed E-state index contributed by atoms with van der Waals surface area (Å²) in [6.07, 6.45) is 0.874. The Kier molecular flexibility index (Phi) is 3.39. The summed E-state index contributed by atoms with van der Waals surface area (Å²) in [4.78, 5) is 25.9. The number of carbonyl (C=O) groups excluding carboxylic acids is 2. The first-order chi connectivity index (χ1) is 11.7. The lowest BCUT2D eigenvalue weighted by molar-refractivity contribution is 0.0979. The zero-order chi connectivity index (χ0) is 16.7. The number of fused-ring (bicyclic) bond motifs is 2. The van der Waals surface area contributed by atoms with Crippen LogP contribution in [-0.2, 0) is 6.42 Å². The molecule has 1 aliphatic carbocycles. The van der Waals surface area contributed by atoms with Gasteiger partial charge in [0.2, 0.25) is 0 Å². The van der Waals surface area contributed by atoms with Gasteiger partial charge in [-0.05, 0) is 23.1 Å². The number of ketones is 2. The van der Waals surface area contributed by atoms with E-state index in [1.54, 1.807) is 30.3 Å². The molecule has 0 aliphatic heterocycles. The molecule has 2 nitrogen and oxygen atoms in total. The van der Waals surface area contributed by atoms with Gasteiger partial charge < -0.3 is 0 Å². The lowest BCUT2D eigenvalue weighted by Gasteiger charge is -2.21. The summed E-state index contributed by atoms with van der Waals surface area (Å²) in [6, 6.07) is 20.7. The van der Waals surface area contributed by atoms with Crippen molar-refractivity contribution in [3.05, 3.63) is 94.5 Å². The Bertz CT molecular complexity index is 983. The van der Waals surface area contributed by atoms with Gasteiger partial charge in [0.05, 0.1) is 0 Å². The van der Waals surface area contributed by atoms with E-state index in [0.29, 0.717) is 22.3 Å². The third-order valence-electron chi connectivity index (χ3n) is 4.64. The smallest absolute Gasteiger partial charge is 0.195 e. The monoisotopic (exact) mass is 312 g/mol. The van der Waals surface area contributed by atoms with Gasteiger partial charge in [-0.15, -0.1) is 0 Å². The van der Waals surface area contributed by atoms with Crippen molar-refractivity contribution in [1.82, 2.24) is 0 Å². The molecule has 0 aromatic heterocycles. The Hall–Kier alpha value is -3.00. The highest BCUT2D eigenvalue weighted by Gasteiger charge is 2.31. The van der Waals surface area contributed by atoms with Crippen LogP contribution >= 0.6 is 0 Å². The molecule has 3 aromatic carbocycles. The molecule has 0 spiro atoms. The van der Waals surface area contributed by atoms with E-state index in [2.05, 4.69) is 13.0 Å². The highest BCUT2D eigenvalue weighted by molar-refractivity contribution is 6.30. The molecule has 3 aromatic rings. The second-order valence-corrected chi connectivity index (χ2v) is 5.94. The second kappa shape index (κ2) is 5.57. The molecule has 0 saturated carbocycles. The maximum atomic E-state index is 13.1. The van der Waals surface area contributed by atoms with Crippen molar-refractivity contribution in [2.75, 3.05) is 0 Å². The van der Waals surface area contributed by atoms with Crippen LogP contribution in [0.5, 0.6) is 0 Å². The molecule has 116 valence electrons. The molecule has 0 heterocycles. The van der Waals surface area contributed by atoms with Crippen molar-refractivity contribution in [3.8, 4) is 11.1 Å². The molecule has 0 unspecified atom stereocenters. The first kappa shape index (κ1) is 14.6. The van der Waals surface area contributed by atoms with Crippen molar-refractivity contribution >= 4 is 11.6 Å². The second-order valence-electron chi connectivity index (χ2n) is 5.94. The minimum atomic E-state index is -0.0731. The van der Waals surface area contributed by atoms with Crippen molar-refractivity contribution in [1.29, 1.82) is 0 Å². The first-order valence-corrected chi connectivity index (χ1v) is 8.12. The molecule has 24 heavy (non-hydrogen) atoms. The van der Waals surface area contributed by atoms with Crippen LogP contribution in [0.15, 0.2) is 66.7 Å². The average molecular weight is 312 g/mol. The molecule has 0 bridgehead atoms. The number of rotatable bonds is 2. The van der Waals surface area contributed by atoms with E-state index in [1.807, 2.05) is 30.3 Å².